The monoisotopic (exact) mass is 485 g/mol. The summed E-state index contributed by atoms with van der Waals surface area (Å²) < 4.78 is 7.48. The summed E-state index contributed by atoms with van der Waals surface area (Å²) in [6.45, 7) is 2.36. The summed E-state index contributed by atoms with van der Waals surface area (Å²) in [5.41, 5.74) is 2.08. The molecule has 0 aliphatic rings. The van der Waals surface area contributed by atoms with Crippen LogP contribution in [-0.2, 0) is 11.3 Å². The van der Waals surface area contributed by atoms with Gasteiger partial charge in [-0.25, -0.2) is 4.98 Å². The highest BCUT2D eigenvalue weighted by atomic mass is 35.5. The van der Waals surface area contributed by atoms with Gasteiger partial charge in [-0.15, -0.1) is 11.3 Å². The third-order valence-electron chi connectivity index (χ3n) is 4.74. The summed E-state index contributed by atoms with van der Waals surface area (Å²) in [6, 6.07) is 16.8. The number of nitrogens with zero attached hydrogens (tertiary/aromatic N) is 2. The van der Waals surface area contributed by atoms with Crippen LogP contribution in [0.25, 0.3) is 20.7 Å². The molecule has 1 amide bonds. The number of anilines is 1. The van der Waals surface area contributed by atoms with E-state index in [9.17, 15) is 9.59 Å². The Morgan fingerprint density at radius 3 is 2.72 bits per heavy atom. The van der Waals surface area contributed by atoms with Gasteiger partial charge in [-0.2, -0.15) is 0 Å². The highest BCUT2D eigenvalue weighted by molar-refractivity contribution is 7.99. The smallest absolute Gasteiger partial charge is 0.272 e. The minimum Gasteiger partial charge on any atom is -0.495 e. The van der Waals surface area contributed by atoms with E-state index in [0.29, 0.717) is 38.4 Å². The predicted molar refractivity (Wildman–Crippen MR) is 132 cm³/mol. The van der Waals surface area contributed by atoms with Crippen LogP contribution >= 0.6 is 34.7 Å². The molecule has 0 aliphatic carbocycles. The van der Waals surface area contributed by atoms with E-state index in [-0.39, 0.29) is 17.2 Å². The number of thiophene rings is 1. The van der Waals surface area contributed by atoms with E-state index >= 15 is 0 Å². The highest BCUT2D eigenvalue weighted by Crippen LogP contribution is 2.32. The zero-order valence-corrected chi connectivity index (χ0v) is 19.8. The molecule has 0 saturated carbocycles. The summed E-state index contributed by atoms with van der Waals surface area (Å²) in [7, 11) is 1.53. The minimum absolute atomic E-state index is 0.0866. The van der Waals surface area contributed by atoms with Crippen LogP contribution in [0.2, 0.25) is 5.02 Å². The third-order valence-corrected chi connectivity index (χ3v) is 7.11. The number of ether oxygens (including phenoxy) is 1. The molecular formula is C23H20ClN3O3S2. The largest absolute Gasteiger partial charge is 0.495 e. The molecule has 0 radical (unpaired) electrons. The Bertz CT molecular complexity index is 1340. The van der Waals surface area contributed by atoms with Crippen molar-refractivity contribution in [3.8, 4) is 16.2 Å². The first-order valence-electron chi connectivity index (χ1n) is 9.86. The molecule has 9 heteroatoms. The molecule has 6 nitrogen and oxygen atoms in total. The molecule has 2 heterocycles. The lowest BCUT2D eigenvalue weighted by Crippen LogP contribution is -2.22. The Kier molecular flexibility index (Phi) is 6.83. The number of carbonyl (C=O) groups excluding carboxylic acids is 1. The number of aromatic nitrogens is 2. The summed E-state index contributed by atoms with van der Waals surface area (Å²) in [5.74, 6) is 0.357. The van der Waals surface area contributed by atoms with Gasteiger partial charge in [0, 0.05) is 16.4 Å². The predicted octanol–water partition coefficient (Wildman–Crippen LogP) is 5.54. The van der Waals surface area contributed by atoms with Crippen molar-refractivity contribution in [2.24, 2.45) is 0 Å². The maximum absolute atomic E-state index is 13.1. The summed E-state index contributed by atoms with van der Waals surface area (Å²) in [5, 5.41) is 3.81. The molecule has 0 atom stereocenters. The van der Waals surface area contributed by atoms with Crippen LogP contribution < -0.4 is 15.6 Å². The van der Waals surface area contributed by atoms with Gasteiger partial charge in [0.25, 0.3) is 5.56 Å². The topological polar surface area (TPSA) is 73.2 Å². The van der Waals surface area contributed by atoms with Crippen molar-refractivity contribution in [1.29, 1.82) is 0 Å². The number of hydrogen-bond acceptors (Lipinski definition) is 6. The summed E-state index contributed by atoms with van der Waals surface area (Å²) >= 11 is 8.69. The van der Waals surface area contributed by atoms with Gasteiger partial charge < -0.3 is 10.1 Å². The maximum atomic E-state index is 13.1. The lowest BCUT2D eigenvalue weighted by atomic mass is 10.2. The van der Waals surface area contributed by atoms with Crippen molar-refractivity contribution in [3.05, 3.63) is 70.0 Å². The van der Waals surface area contributed by atoms with E-state index in [1.807, 2.05) is 43.3 Å². The molecule has 0 unspecified atom stereocenters. The van der Waals surface area contributed by atoms with E-state index in [0.717, 1.165) is 10.4 Å². The van der Waals surface area contributed by atoms with E-state index in [4.69, 9.17) is 21.3 Å². The van der Waals surface area contributed by atoms with Gasteiger partial charge in [0.15, 0.2) is 5.16 Å². The Hall–Kier alpha value is -2.81. The number of nitrogens with one attached hydrogen (secondary N) is 1. The van der Waals surface area contributed by atoms with Gasteiger partial charge in [-0.1, -0.05) is 53.7 Å². The number of thioether (sulfide) groups is 1. The zero-order chi connectivity index (χ0) is 22.7. The van der Waals surface area contributed by atoms with Crippen molar-refractivity contribution >= 4 is 56.5 Å². The molecule has 0 saturated heterocycles. The van der Waals surface area contributed by atoms with Crippen LogP contribution in [0.4, 0.5) is 5.69 Å². The number of halogens is 1. The standard InChI is InChI=1S/C23H20ClN3O3S2/c1-3-27-22(29)21-17(12-19(32-21)14-7-5-4-6-8-14)26-23(27)31-13-20(28)25-16-11-15(24)9-10-18(16)30-2/h4-12H,3,13H2,1-2H3,(H,25,28). The summed E-state index contributed by atoms with van der Waals surface area (Å²) in [6.07, 6.45) is 0. The lowest BCUT2D eigenvalue weighted by Gasteiger charge is -2.12. The fourth-order valence-corrected chi connectivity index (χ4v) is 5.30. The third kappa shape index (κ3) is 4.67. The Morgan fingerprint density at radius 2 is 2.00 bits per heavy atom. The molecule has 32 heavy (non-hydrogen) atoms. The zero-order valence-electron chi connectivity index (χ0n) is 17.4. The molecule has 2 aromatic carbocycles. The number of hydrogen-bond donors (Lipinski definition) is 1. The van der Waals surface area contributed by atoms with E-state index in [1.54, 1.807) is 22.8 Å². The van der Waals surface area contributed by atoms with Gasteiger partial charge in [-0.05, 0) is 36.8 Å². The summed E-state index contributed by atoms with van der Waals surface area (Å²) in [4.78, 5) is 31.3. The highest BCUT2D eigenvalue weighted by Gasteiger charge is 2.16. The van der Waals surface area contributed by atoms with Crippen molar-refractivity contribution in [1.82, 2.24) is 9.55 Å². The second-order valence-electron chi connectivity index (χ2n) is 6.82. The average molecular weight is 486 g/mol. The first-order chi connectivity index (χ1) is 15.5. The molecule has 4 rings (SSSR count). The van der Waals surface area contributed by atoms with Crippen LogP contribution in [0.1, 0.15) is 6.92 Å². The molecule has 1 N–H and O–H groups in total. The normalized spacial score (nSPS) is 11.0. The Balaban J connectivity index is 1.58. The lowest BCUT2D eigenvalue weighted by molar-refractivity contribution is -0.113. The fourth-order valence-electron chi connectivity index (χ4n) is 3.22. The van der Waals surface area contributed by atoms with Crippen molar-refractivity contribution in [2.45, 2.75) is 18.6 Å². The molecule has 0 aliphatic heterocycles. The SMILES string of the molecule is CCn1c(SCC(=O)Nc2cc(Cl)ccc2OC)nc2cc(-c3ccccc3)sc2c1=O. The van der Waals surface area contributed by atoms with Crippen molar-refractivity contribution in [3.63, 3.8) is 0 Å². The number of methoxy groups -OCH3 is 1. The van der Waals surface area contributed by atoms with Gasteiger partial charge in [0.05, 0.1) is 24.1 Å². The van der Waals surface area contributed by atoms with Crippen LogP contribution in [0.3, 0.4) is 0 Å². The molecular weight excluding hydrogens is 466 g/mol. The molecule has 4 aromatic rings. The first kappa shape index (κ1) is 22.4. The number of benzene rings is 2. The van der Waals surface area contributed by atoms with Gasteiger partial charge in [0.2, 0.25) is 5.91 Å². The van der Waals surface area contributed by atoms with Crippen LogP contribution in [-0.4, -0.2) is 28.3 Å². The maximum Gasteiger partial charge on any atom is 0.272 e. The first-order valence-corrected chi connectivity index (χ1v) is 12.0. The van der Waals surface area contributed by atoms with Gasteiger partial charge in [0.1, 0.15) is 10.4 Å². The quantitative estimate of drug-likeness (QED) is 0.275. The number of rotatable bonds is 7. The Labute approximate surface area is 198 Å². The minimum atomic E-state index is -0.247. The Morgan fingerprint density at radius 1 is 1.22 bits per heavy atom. The number of fused-ring (bicyclic) bond motifs is 1. The fraction of sp³-hybridized carbons (Fsp3) is 0.174. The second-order valence-corrected chi connectivity index (χ2v) is 9.25. The van der Waals surface area contributed by atoms with E-state index in [1.165, 1.54) is 30.2 Å². The second kappa shape index (κ2) is 9.77. The number of amides is 1. The van der Waals surface area contributed by atoms with E-state index in [2.05, 4.69) is 5.32 Å². The van der Waals surface area contributed by atoms with Crippen molar-refractivity contribution in [2.75, 3.05) is 18.2 Å². The van der Waals surface area contributed by atoms with Crippen molar-refractivity contribution < 1.29 is 9.53 Å². The molecule has 164 valence electrons. The molecule has 0 bridgehead atoms. The molecule has 0 spiro atoms. The van der Waals surface area contributed by atoms with Gasteiger partial charge in [-0.3, -0.25) is 14.2 Å². The van der Waals surface area contributed by atoms with Crippen LogP contribution in [0, 0.1) is 0 Å². The average Bonchev–Trinajstić information content (AvgIpc) is 3.23. The molecule has 2 aromatic heterocycles. The van der Waals surface area contributed by atoms with Crippen LogP contribution in [0.5, 0.6) is 5.75 Å². The van der Waals surface area contributed by atoms with Crippen LogP contribution in [0.15, 0.2) is 64.5 Å². The van der Waals surface area contributed by atoms with Gasteiger partial charge >= 0.3 is 0 Å². The van der Waals surface area contributed by atoms with E-state index < -0.39 is 0 Å². The number of carbonyl (C=O) groups is 1. The molecule has 0 fully saturated rings.